The summed E-state index contributed by atoms with van der Waals surface area (Å²) in [5.41, 5.74) is 1.85. The first kappa shape index (κ1) is 23.1. The molecule has 1 atom stereocenters. The lowest BCUT2D eigenvalue weighted by Gasteiger charge is -2.21. The molecule has 5 rings (SSSR count). The number of benzene rings is 2. The Hall–Kier alpha value is -3.62. The van der Waals surface area contributed by atoms with Crippen molar-refractivity contribution >= 4 is 17.3 Å². The van der Waals surface area contributed by atoms with Crippen molar-refractivity contribution < 1.29 is 14.6 Å². The summed E-state index contributed by atoms with van der Waals surface area (Å²) in [6.45, 7) is 2.93. The molecular formula is C26H24ClFN4O3. The predicted octanol–water partition coefficient (Wildman–Crippen LogP) is 4.36. The average molecular weight is 495 g/mol. The Morgan fingerprint density at radius 1 is 1.09 bits per heavy atom. The highest BCUT2D eigenvalue weighted by Crippen LogP contribution is 2.41. The Balaban J connectivity index is 1.54. The van der Waals surface area contributed by atoms with Gasteiger partial charge in [0.25, 0.3) is 0 Å². The second kappa shape index (κ2) is 8.55. The second-order valence-electron chi connectivity index (χ2n) is 9.18. The van der Waals surface area contributed by atoms with E-state index in [-0.39, 0.29) is 22.0 Å². The summed E-state index contributed by atoms with van der Waals surface area (Å²) in [4.78, 5) is 18.6. The highest BCUT2D eigenvalue weighted by Gasteiger charge is 2.31. The first-order valence-corrected chi connectivity index (χ1v) is 11.5. The molecule has 7 nitrogen and oxygen atoms in total. The maximum absolute atomic E-state index is 14.7. The molecule has 180 valence electrons. The first-order valence-electron chi connectivity index (χ1n) is 11.1. The molecule has 0 spiro atoms. The molecule has 1 aliphatic rings. The van der Waals surface area contributed by atoms with Crippen LogP contribution < -0.4 is 10.6 Å². The zero-order valence-corrected chi connectivity index (χ0v) is 20.0. The van der Waals surface area contributed by atoms with Gasteiger partial charge in [-0.1, -0.05) is 17.7 Å². The van der Waals surface area contributed by atoms with Crippen LogP contribution in [0.4, 0.5) is 10.1 Å². The number of hydrogen-bond acceptors (Lipinski definition) is 5. The number of aryl methyl sites for hydroxylation is 1. The molecule has 1 fully saturated rings. The van der Waals surface area contributed by atoms with Crippen LogP contribution in [-0.2, 0) is 7.05 Å². The molecule has 3 heterocycles. The van der Waals surface area contributed by atoms with Crippen LogP contribution in [0.1, 0.15) is 13.3 Å². The number of pyridine rings is 1. The summed E-state index contributed by atoms with van der Waals surface area (Å²) in [5, 5.41) is 21.7. The van der Waals surface area contributed by atoms with Gasteiger partial charge in [0.2, 0.25) is 0 Å². The molecule has 0 amide bonds. The fourth-order valence-electron chi connectivity index (χ4n) is 4.47. The number of phenols is 1. The number of aliphatic hydroxyl groups is 1. The minimum Gasteiger partial charge on any atom is -0.507 e. The number of nitrogens with zero attached hydrogens (tertiary/aromatic N) is 4. The van der Waals surface area contributed by atoms with Gasteiger partial charge in [0.1, 0.15) is 11.6 Å². The minimum atomic E-state index is -0.777. The van der Waals surface area contributed by atoms with Crippen molar-refractivity contribution in [3.8, 4) is 33.7 Å². The highest BCUT2D eigenvalue weighted by molar-refractivity contribution is 6.32. The molecule has 2 aromatic heterocycles. The summed E-state index contributed by atoms with van der Waals surface area (Å²) in [7, 11) is 1.64. The van der Waals surface area contributed by atoms with Crippen molar-refractivity contribution in [1.29, 1.82) is 0 Å². The van der Waals surface area contributed by atoms with Gasteiger partial charge in [0, 0.05) is 55.4 Å². The van der Waals surface area contributed by atoms with Gasteiger partial charge in [0.05, 0.1) is 28.2 Å². The van der Waals surface area contributed by atoms with Crippen molar-refractivity contribution in [2.24, 2.45) is 7.05 Å². The van der Waals surface area contributed by atoms with Crippen LogP contribution in [0, 0.1) is 5.82 Å². The van der Waals surface area contributed by atoms with Gasteiger partial charge in [-0.25, -0.2) is 9.18 Å². The molecule has 0 saturated carbocycles. The van der Waals surface area contributed by atoms with E-state index < -0.39 is 11.4 Å². The van der Waals surface area contributed by atoms with Gasteiger partial charge in [-0.2, -0.15) is 0 Å². The average Bonchev–Trinajstić information content (AvgIpc) is 3.36. The molecule has 9 heteroatoms. The fourth-order valence-corrected chi connectivity index (χ4v) is 4.74. The highest BCUT2D eigenvalue weighted by atomic mass is 35.5. The number of imidazole rings is 1. The van der Waals surface area contributed by atoms with Crippen LogP contribution >= 0.6 is 11.6 Å². The maximum Gasteiger partial charge on any atom is 0.332 e. The quantitative estimate of drug-likeness (QED) is 0.440. The lowest BCUT2D eigenvalue weighted by molar-refractivity contribution is 0.0839. The van der Waals surface area contributed by atoms with E-state index in [0.29, 0.717) is 41.9 Å². The summed E-state index contributed by atoms with van der Waals surface area (Å²) in [5.74, 6) is -0.638. The SMILES string of the molecule is Cn1ccn(-c2ccc(-c3cc(F)cc(-c4cncc(N5CC[C@@](C)(O)C5)c4)c3O)cc2Cl)c1=O. The lowest BCUT2D eigenvalue weighted by atomic mass is 9.97. The van der Waals surface area contributed by atoms with E-state index in [1.54, 1.807) is 57.0 Å². The van der Waals surface area contributed by atoms with Gasteiger partial charge < -0.3 is 19.7 Å². The zero-order valence-electron chi connectivity index (χ0n) is 19.2. The molecule has 35 heavy (non-hydrogen) atoms. The van der Waals surface area contributed by atoms with Crippen LogP contribution in [-0.4, -0.2) is 43.0 Å². The van der Waals surface area contributed by atoms with Gasteiger partial charge in [0.15, 0.2) is 0 Å². The largest absolute Gasteiger partial charge is 0.507 e. The monoisotopic (exact) mass is 494 g/mol. The van der Waals surface area contributed by atoms with Crippen LogP contribution in [0.15, 0.2) is 66.0 Å². The van der Waals surface area contributed by atoms with Crippen LogP contribution in [0.3, 0.4) is 0 Å². The van der Waals surface area contributed by atoms with Crippen molar-refractivity contribution in [2.75, 3.05) is 18.0 Å². The smallest absolute Gasteiger partial charge is 0.332 e. The summed E-state index contributed by atoms with van der Waals surface area (Å²) in [6, 6.07) is 9.26. The van der Waals surface area contributed by atoms with E-state index in [2.05, 4.69) is 4.98 Å². The van der Waals surface area contributed by atoms with E-state index >= 15 is 0 Å². The number of phenolic OH excluding ortho intramolecular Hbond substituents is 1. The number of rotatable bonds is 4. The number of β-amino-alcohol motifs (C(OH)–C–C–N with tert-alkyl or cyclic N) is 1. The van der Waals surface area contributed by atoms with Crippen LogP contribution in [0.2, 0.25) is 5.02 Å². The summed E-state index contributed by atoms with van der Waals surface area (Å²) < 4.78 is 17.6. The summed E-state index contributed by atoms with van der Waals surface area (Å²) in [6.07, 6.45) is 7.13. The third-order valence-electron chi connectivity index (χ3n) is 6.39. The number of anilines is 1. The molecule has 1 saturated heterocycles. The second-order valence-corrected chi connectivity index (χ2v) is 9.58. The fraction of sp³-hybridized carbons (Fsp3) is 0.231. The number of halogens is 2. The maximum atomic E-state index is 14.7. The molecule has 0 unspecified atom stereocenters. The van der Waals surface area contributed by atoms with E-state index in [0.717, 1.165) is 5.69 Å². The Labute approximate surface area is 206 Å². The third-order valence-corrected chi connectivity index (χ3v) is 6.69. The Morgan fingerprint density at radius 3 is 2.46 bits per heavy atom. The predicted molar refractivity (Wildman–Crippen MR) is 134 cm³/mol. The molecule has 0 radical (unpaired) electrons. The standard InChI is InChI=1S/C26H24ClFN4O3/c1-26(35)5-6-31(15-26)19-9-17(13-29-14-19)21-12-18(28)11-20(24(21)33)16-3-4-23(22(27)10-16)32-8-7-30(2)25(32)34/h3-4,7-14,33,35H,5-6,15H2,1-2H3/t26-/m1/s1. The molecule has 4 aromatic rings. The molecule has 2 aromatic carbocycles. The topological polar surface area (TPSA) is 83.5 Å². The van der Waals surface area contributed by atoms with Crippen molar-refractivity contribution in [2.45, 2.75) is 18.9 Å². The first-order chi connectivity index (χ1) is 16.6. The lowest BCUT2D eigenvalue weighted by Crippen LogP contribution is -2.29. The zero-order chi connectivity index (χ0) is 24.9. The normalized spacial score (nSPS) is 17.8. The van der Waals surface area contributed by atoms with E-state index in [1.807, 2.05) is 11.0 Å². The molecule has 2 N–H and O–H groups in total. The van der Waals surface area contributed by atoms with Crippen LogP contribution in [0.25, 0.3) is 27.9 Å². The molecule has 0 aliphatic carbocycles. The van der Waals surface area contributed by atoms with E-state index in [9.17, 15) is 19.4 Å². The van der Waals surface area contributed by atoms with Gasteiger partial charge in [-0.3, -0.25) is 9.55 Å². The van der Waals surface area contributed by atoms with Crippen molar-refractivity contribution in [1.82, 2.24) is 14.1 Å². The third kappa shape index (κ3) is 4.31. The van der Waals surface area contributed by atoms with E-state index in [4.69, 9.17) is 11.6 Å². The Morgan fingerprint density at radius 2 is 1.83 bits per heavy atom. The van der Waals surface area contributed by atoms with Crippen LogP contribution in [0.5, 0.6) is 5.75 Å². The Kier molecular flexibility index (Phi) is 5.65. The van der Waals surface area contributed by atoms with Crippen molar-refractivity contribution in [3.63, 3.8) is 0 Å². The van der Waals surface area contributed by atoms with Gasteiger partial charge >= 0.3 is 5.69 Å². The molecular weight excluding hydrogens is 471 g/mol. The molecule has 1 aliphatic heterocycles. The van der Waals surface area contributed by atoms with Gasteiger partial charge in [-0.15, -0.1) is 0 Å². The number of hydrogen-bond donors (Lipinski definition) is 2. The summed E-state index contributed by atoms with van der Waals surface area (Å²) >= 11 is 6.48. The Bertz CT molecular complexity index is 1490. The minimum absolute atomic E-state index is 0.112. The molecule has 0 bridgehead atoms. The number of aromatic hydroxyl groups is 1. The van der Waals surface area contributed by atoms with E-state index in [1.165, 1.54) is 21.3 Å². The van der Waals surface area contributed by atoms with Crippen molar-refractivity contribution in [3.05, 3.63) is 82.5 Å². The number of aromatic nitrogens is 3. The van der Waals surface area contributed by atoms with Gasteiger partial charge in [-0.05, 0) is 49.2 Å².